The van der Waals surface area contributed by atoms with Gasteiger partial charge in [0.1, 0.15) is 0 Å². The number of nitrogens with zero attached hydrogens (tertiary/aromatic N) is 5. The Labute approximate surface area is 224 Å². The summed E-state index contributed by atoms with van der Waals surface area (Å²) in [4.78, 5) is 15.0. The fourth-order valence-corrected chi connectivity index (χ4v) is 4.80. The van der Waals surface area contributed by atoms with Crippen LogP contribution in [0.2, 0.25) is 0 Å². The van der Waals surface area contributed by atoms with Crippen molar-refractivity contribution in [2.75, 3.05) is 24.6 Å². The highest BCUT2D eigenvalue weighted by molar-refractivity contribution is 5.84. The second-order valence-corrected chi connectivity index (χ2v) is 10.00. The van der Waals surface area contributed by atoms with Crippen molar-refractivity contribution in [2.45, 2.75) is 65.7 Å². The minimum atomic E-state index is -1.03. The lowest BCUT2D eigenvalue weighted by atomic mass is 10.0. The number of carbonyl (C=O) groups is 1. The second kappa shape index (κ2) is 11.0. The van der Waals surface area contributed by atoms with E-state index < -0.39 is 5.60 Å². The molecule has 0 unspecified atom stereocenters. The van der Waals surface area contributed by atoms with Crippen molar-refractivity contribution >= 4 is 22.6 Å². The monoisotopic (exact) mass is 515 g/mol. The van der Waals surface area contributed by atoms with Gasteiger partial charge in [-0.25, -0.2) is 9.48 Å². The Balaban J connectivity index is 1.57. The molecule has 1 aliphatic heterocycles. The zero-order valence-corrected chi connectivity index (χ0v) is 22.8. The van der Waals surface area contributed by atoms with E-state index in [1.807, 2.05) is 17.8 Å². The summed E-state index contributed by atoms with van der Waals surface area (Å²) < 4.78 is 15.5. The van der Waals surface area contributed by atoms with Crippen LogP contribution in [0, 0.1) is 0 Å². The lowest BCUT2D eigenvalue weighted by molar-refractivity contribution is -0.172. The molecule has 38 heavy (non-hydrogen) atoms. The highest BCUT2D eigenvalue weighted by Crippen LogP contribution is 2.33. The first-order valence-corrected chi connectivity index (χ1v) is 13.7. The van der Waals surface area contributed by atoms with Crippen LogP contribution in [0.5, 0.6) is 0 Å². The molecule has 4 aromatic rings. The molecule has 5 rings (SSSR count). The molecular weight excluding hydrogens is 478 g/mol. The number of hydrogen-bond donors (Lipinski definition) is 0. The average Bonchev–Trinajstić information content (AvgIpc) is 3.51. The molecule has 0 amide bonds. The summed E-state index contributed by atoms with van der Waals surface area (Å²) in [5, 5.41) is 10.7. The van der Waals surface area contributed by atoms with E-state index in [0.29, 0.717) is 13.0 Å². The van der Waals surface area contributed by atoms with Crippen molar-refractivity contribution in [2.24, 2.45) is 0 Å². The summed E-state index contributed by atoms with van der Waals surface area (Å²) in [6, 6.07) is 16.9. The van der Waals surface area contributed by atoms with Crippen LogP contribution in [-0.4, -0.2) is 50.8 Å². The summed E-state index contributed by atoms with van der Waals surface area (Å²) in [5.74, 6) is -0.347. The largest absolute Gasteiger partial charge is 0.464 e. The summed E-state index contributed by atoms with van der Waals surface area (Å²) in [6.07, 6.45) is 4.64. The van der Waals surface area contributed by atoms with Gasteiger partial charge in [-0.1, -0.05) is 38.1 Å². The molecule has 200 valence electrons. The number of hydrogen-bond acceptors (Lipinski definition) is 6. The zero-order valence-electron chi connectivity index (χ0n) is 22.8. The van der Waals surface area contributed by atoms with E-state index in [9.17, 15) is 4.79 Å². The summed E-state index contributed by atoms with van der Waals surface area (Å²) in [7, 11) is 0. The van der Waals surface area contributed by atoms with Crippen molar-refractivity contribution in [3.05, 3.63) is 60.4 Å². The minimum Gasteiger partial charge on any atom is -0.464 e. The molecule has 0 saturated carbocycles. The molecule has 1 aliphatic rings. The first-order valence-electron chi connectivity index (χ1n) is 13.7. The van der Waals surface area contributed by atoms with Crippen LogP contribution in [0.4, 0.5) is 5.69 Å². The normalized spacial score (nSPS) is 14.9. The molecule has 2 aromatic heterocycles. The number of ether oxygens (including phenoxy) is 2. The Morgan fingerprint density at radius 3 is 2.53 bits per heavy atom. The van der Waals surface area contributed by atoms with Crippen LogP contribution in [0.3, 0.4) is 0 Å². The highest BCUT2D eigenvalue weighted by atomic mass is 16.6. The fourth-order valence-electron chi connectivity index (χ4n) is 4.80. The van der Waals surface area contributed by atoms with Gasteiger partial charge in [-0.3, -0.25) is 4.68 Å². The smallest absolute Gasteiger partial charge is 0.338 e. The number of carbonyl (C=O) groups excluding carboxylic acids is 1. The van der Waals surface area contributed by atoms with Gasteiger partial charge in [0.2, 0.25) is 0 Å². The Kier molecular flexibility index (Phi) is 7.51. The molecule has 1 saturated heterocycles. The molecule has 8 heteroatoms. The quantitative estimate of drug-likeness (QED) is 0.237. The van der Waals surface area contributed by atoms with Crippen molar-refractivity contribution in [3.8, 4) is 16.9 Å². The lowest BCUT2D eigenvalue weighted by Gasteiger charge is -2.34. The van der Waals surface area contributed by atoms with Crippen LogP contribution >= 0.6 is 0 Å². The van der Waals surface area contributed by atoms with E-state index >= 15 is 0 Å². The van der Waals surface area contributed by atoms with Crippen molar-refractivity contribution in [1.82, 2.24) is 19.6 Å². The van der Waals surface area contributed by atoms with Gasteiger partial charge in [-0.15, -0.1) is 0 Å². The molecule has 3 heterocycles. The van der Waals surface area contributed by atoms with Gasteiger partial charge >= 0.3 is 5.97 Å². The van der Waals surface area contributed by atoms with Crippen LogP contribution in [0.25, 0.3) is 27.8 Å². The number of esters is 1. The molecular formula is C30H37N5O3. The number of benzene rings is 2. The molecule has 0 aliphatic carbocycles. The van der Waals surface area contributed by atoms with Crippen LogP contribution in [0.1, 0.15) is 52.7 Å². The molecule has 8 nitrogen and oxygen atoms in total. The summed E-state index contributed by atoms with van der Waals surface area (Å²) >= 11 is 0. The molecule has 2 aromatic carbocycles. The Morgan fingerprint density at radius 2 is 1.84 bits per heavy atom. The van der Waals surface area contributed by atoms with Crippen LogP contribution in [0.15, 0.2) is 54.7 Å². The maximum Gasteiger partial charge on any atom is 0.338 e. The Bertz CT molecular complexity index is 1420. The van der Waals surface area contributed by atoms with Gasteiger partial charge in [0.25, 0.3) is 0 Å². The maximum absolute atomic E-state index is 12.6. The van der Waals surface area contributed by atoms with E-state index in [2.05, 4.69) is 70.1 Å². The molecule has 1 atom stereocenters. The molecule has 0 radical (unpaired) electrons. The highest BCUT2D eigenvalue weighted by Gasteiger charge is 2.34. The van der Waals surface area contributed by atoms with E-state index in [1.54, 1.807) is 13.8 Å². The minimum absolute atomic E-state index is 0.199. The van der Waals surface area contributed by atoms with E-state index in [4.69, 9.17) is 14.6 Å². The number of para-hydroxylation sites is 2. The standard InChI is InChI=1S/C30H37N5O3/c1-5-15-34-27-18-22(13-14-23(27)20-31-34)28-19-24(21-38-30(4,6-2)29(36)37-7-3)32-35(28)26-12-9-8-11-25(26)33-16-10-17-33/h8-9,11-14,18-20H,5-7,10,15-17,21H2,1-4H3/t30-/m1/s1. The van der Waals surface area contributed by atoms with Gasteiger partial charge in [-0.2, -0.15) is 10.2 Å². The number of fused-ring (bicyclic) bond motifs is 1. The SMILES string of the molecule is CCCn1ncc2ccc(-c3cc(CO[C@](C)(CC)C(=O)OCC)nn3-c3ccccc3N3CCC3)cc21. The Hall–Kier alpha value is -3.65. The third-order valence-electron chi connectivity index (χ3n) is 7.36. The van der Waals surface area contributed by atoms with Gasteiger partial charge in [-0.05, 0) is 57.4 Å². The predicted molar refractivity (Wildman–Crippen MR) is 150 cm³/mol. The Morgan fingerprint density at radius 1 is 1.05 bits per heavy atom. The van der Waals surface area contributed by atoms with E-state index in [-0.39, 0.29) is 12.6 Å². The van der Waals surface area contributed by atoms with Gasteiger partial charge in [0, 0.05) is 30.6 Å². The first-order chi connectivity index (χ1) is 18.5. The van der Waals surface area contributed by atoms with Crippen molar-refractivity contribution in [1.29, 1.82) is 0 Å². The maximum atomic E-state index is 12.6. The number of anilines is 1. The number of rotatable bonds is 11. The predicted octanol–water partition coefficient (Wildman–Crippen LogP) is 5.76. The first kappa shape index (κ1) is 26.0. The van der Waals surface area contributed by atoms with Crippen molar-refractivity contribution in [3.63, 3.8) is 0 Å². The fraction of sp³-hybridized carbons (Fsp3) is 0.433. The molecule has 0 spiro atoms. The van der Waals surface area contributed by atoms with Gasteiger partial charge < -0.3 is 14.4 Å². The van der Waals surface area contributed by atoms with E-state index in [1.165, 1.54) is 6.42 Å². The topological polar surface area (TPSA) is 74.4 Å². The average molecular weight is 516 g/mol. The second-order valence-electron chi connectivity index (χ2n) is 10.00. The summed E-state index contributed by atoms with van der Waals surface area (Å²) in [6.45, 7) is 11.1. The number of aryl methyl sites for hydroxylation is 1. The molecule has 0 N–H and O–H groups in total. The van der Waals surface area contributed by atoms with E-state index in [0.717, 1.165) is 65.3 Å². The third-order valence-corrected chi connectivity index (χ3v) is 7.36. The van der Waals surface area contributed by atoms with Crippen molar-refractivity contribution < 1.29 is 14.3 Å². The zero-order chi connectivity index (χ0) is 26.7. The lowest BCUT2D eigenvalue weighted by Crippen LogP contribution is -2.39. The molecule has 0 bridgehead atoms. The van der Waals surface area contributed by atoms with Gasteiger partial charge in [0.05, 0.1) is 47.7 Å². The summed E-state index contributed by atoms with van der Waals surface area (Å²) in [5.41, 5.74) is 5.04. The third kappa shape index (κ3) is 4.92. The van der Waals surface area contributed by atoms with Crippen LogP contribution in [-0.2, 0) is 27.4 Å². The van der Waals surface area contributed by atoms with Gasteiger partial charge in [0.15, 0.2) is 5.60 Å². The molecule has 1 fully saturated rings. The van der Waals surface area contributed by atoms with Crippen LogP contribution < -0.4 is 4.90 Å². The number of aromatic nitrogens is 4.